The lowest BCUT2D eigenvalue weighted by Gasteiger charge is -2.13. The molecule has 0 radical (unpaired) electrons. The molecule has 0 atom stereocenters. The van der Waals surface area contributed by atoms with Gasteiger partial charge in [-0.3, -0.25) is 0 Å². The van der Waals surface area contributed by atoms with Gasteiger partial charge in [0, 0.05) is 22.3 Å². The number of aromatic hydroxyl groups is 6. The maximum atomic E-state index is 11.1. The number of hydrogen-bond acceptors (Lipinski definition) is 6. The summed E-state index contributed by atoms with van der Waals surface area (Å²) in [4.78, 5) is 0. The maximum Gasteiger partial charge on any atom is 0.131 e. The Hall–Kier alpha value is -5.10. The van der Waals surface area contributed by atoms with Crippen molar-refractivity contribution in [3.8, 4) is 79.0 Å². The van der Waals surface area contributed by atoms with Crippen molar-refractivity contribution in [3.63, 3.8) is 0 Å². The summed E-state index contributed by atoms with van der Waals surface area (Å²) >= 11 is 0. The Balaban J connectivity index is 1.51. The molecule has 0 heterocycles. The van der Waals surface area contributed by atoms with Crippen LogP contribution in [-0.2, 0) is 0 Å². The molecule has 0 fully saturated rings. The number of benzene rings is 5. The van der Waals surface area contributed by atoms with Crippen LogP contribution < -0.4 is 0 Å². The van der Waals surface area contributed by atoms with Gasteiger partial charge in [0.05, 0.1) is 0 Å². The van der Waals surface area contributed by atoms with Gasteiger partial charge >= 0.3 is 0 Å². The number of hydrogen-bond donors (Lipinski definition) is 6. The van der Waals surface area contributed by atoms with Crippen molar-refractivity contribution in [3.05, 3.63) is 97.1 Å². The van der Waals surface area contributed by atoms with E-state index in [4.69, 9.17) is 0 Å². The van der Waals surface area contributed by atoms with Crippen LogP contribution in [0, 0.1) is 0 Å². The fraction of sp³-hybridized carbons (Fsp3) is 0. The lowest BCUT2D eigenvalue weighted by molar-refractivity contribution is 0.462. The van der Waals surface area contributed by atoms with Gasteiger partial charge in [0.15, 0.2) is 0 Å². The third kappa shape index (κ3) is 4.23. The van der Waals surface area contributed by atoms with Crippen LogP contribution in [0.2, 0.25) is 0 Å². The molecule has 0 saturated carbocycles. The first-order valence-corrected chi connectivity index (χ1v) is 11.1. The highest BCUT2D eigenvalue weighted by Crippen LogP contribution is 2.43. The van der Waals surface area contributed by atoms with Crippen LogP contribution in [0.1, 0.15) is 0 Å². The molecule has 178 valence electrons. The Bertz CT molecular complexity index is 1460. The first-order chi connectivity index (χ1) is 17.3. The zero-order valence-corrected chi connectivity index (χ0v) is 18.9. The zero-order chi connectivity index (χ0) is 25.4. The normalized spacial score (nSPS) is 10.9. The molecule has 5 aromatic rings. The lowest BCUT2D eigenvalue weighted by atomic mass is 9.94. The van der Waals surface area contributed by atoms with Gasteiger partial charge < -0.3 is 30.6 Å². The van der Waals surface area contributed by atoms with Crippen LogP contribution in [0.15, 0.2) is 97.1 Å². The average Bonchev–Trinajstić information content (AvgIpc) is 2.88. The molecule has 5 aromatic carbocycles. The van der Waals surface area contributed by atoms with E-state index in [0.717, 1.165) is 0 Å². The molecule has 0 aliphatic carbocycles. The Morgan fingerprint density at radius 2 is 0.611 bits per heavy atom. The lowest BCUT2D eigenvalue weighted by Crippen LogP contribution is -1.87. The van der Waals surface area contributed by atoms with Crippen molar-refractivity contribution in [2.75, 3.05) is 0 Å². The van der Waals surface area contributed by atoms with E-state index in [0.29, 0.717) is 44.5 Å². The minimum Gasteiger partial charge on any atom is -0.508 e. The second-order valence-corrected chi connectivity index (χ2v) is 8.45. The van der Waals surface area contributed by atoms with E-state index in [2.05, 4.69) is 0 Å². The van der Waals surface area contributed by atoms with Crippen molar-refractivity contribution < 1.29 is 30.6 Å². The van der Waals surface area contributed by atoms with E-state index < -0.39 is 0 Å². The van der Waals surface area contributed by atoms with Gasteiger partial charge in [-0.15, -0.1) is 0 Å². The van der Waals surface area contributed by atoms with Crippen molar-refractivity contribution in [1.82, 2.24) is 0 Å². The highest BCUT2D eigenvalue weighted by atomic mass is 16.3. The predicted octanol–water partition coefficient (Wildman–Crippen LogP) is 6.59. The van der Waals surface area contributed by atoms with Crippen molar-refractivity contribution in [2.24, 2.45) is 0 Å². The van der Waals surface area contributed by atoms with Gasteiger partial charge in [0.25, 0.3) is 0 Å². The Morgan fingerprint density at radius 1 is 0.306 bits per heavy atom. The minimum atomic E-state index is -0.0257. The SMILES string of the molecule is Oc1ccc(O)c(-c2ccc(-c3cc(O)cc(-c4ccc(-c5cc(O)ccc5O)cc4)c3O)cc2)c1. The fourth-order valence-corrected chi connectivity index (χ4v) is 4.23. The zero-order valence-electron chi connectivity index (χ0n) is 18.9. The second kappa shape index (κ2) is 8.92. The number of phenolic OH excluding ortho intramolecular Hbond substituents is 6. The number of rotatable bonds is 4. The summed E-state index contributed by atoms with van der Waals surface area (Å²) in [7, 11) is 0. The minimum absolute atomic E-state index is 0.0197. The molecule has 0 amide bonds. The smallest absolute Gasteiger partial charge is 0.131 e. The summed E-state index contributed by atoms with van der Waals surface area (Å²) in [6, 6.07) is 25.5. The van der Waals surface area contributed by atoms with Crippen LogP contribution in [0.4, 0.5) is 0 Å². The van der Waals surface area contributed by atoms with Gasteiger partial charge in [-0.2, -0.15) is 0 Å². The van der Waals surface area contributed by atoms with Crippen LogP contribution in [-0.4, -0.2) is 30.6 Å². The van der Waals surface area contributed by atoms with Gasteiger partial charge in [-0.1, -0.05) is 48.5 Å². The summed E-state index contributed by atoms with van der Waals surface area (Å²) in [5.41, 5.74) is 4.44. The average molecular weight is 479 g/mol. The first kappa shape index (κ1) is 22.7. The Kier molecular flexibility index (Phi) is 5.62. The maximum absolute atomic E-state index is 11.1. The third-order valence-electron chi connectivity index (χ3n) is 6.07. The topological polar surface area (TPSA) is 121 Å². The Labute approximate surface area is 206 Å². The molecule has 0 unspecified atom stereocenters. The molecule has 0 saturated heterocycles. The van der Waals surface area contributed by atoms with Gasteiger partial charge in [-0.25, -0.2) is 0 Å². The summed E-state index contributed by atoms with van der Waals surface area (Å²) in [5, 5.41) is 61.3. The molecule has 6 nitrogen and oxygen atoms in total. The predicted molar refractivity (Wildman–Crippen MR) is 138 cm³/mol. The van der Waals surface area contributed by atoms with E-state index >= 15 is 0 Å². The van der Waals surface area contributed by atoms with Gasteiger partial charge in [0.2, 0.25) is 0 Å². The quantitative estimate of drug-likeness (QED) is 0.162. The molecule has 6 N–H and O–H groups in total. The Morgan fingerprint density at radius 3 is 0.972 bits per heavy atom. The van der Waals surface area contributed by atoms with E-state index in [1.54, 1.807) is 48.5 Å². The molecule has 0 spiro atoms. The summed E-state index contributed by atoms with van der Waals surface area (Å²) in [6.45, 7) is 0. The summed E-state index contributed by atoms with van der Waals surface area (Å²) < 4.78 is 0. The van der Waals surface area contributed by atoms with Crippen molar-refractivity contribution in [2.45, 2.75) is 0 Å². The van der Waals surface area contributed by atoms with Crippen molar-refractivity contribution >= 4 is 0 Å². The molecule has 0 aromatic heterocycles. The van der Waals surface area contributed by atoms with Crippen LogP contribution in [0.25, 0.3) is 44.5 Å². The number of phenols is 6. The van der Waals surface area contributed by atoms with E-state index in [-0.39, 0.29) is 34.5 Å². The van der Waals surface area contributed by atoms with E-state index in [9.17, 15) is 30.6 Å². The molecule has 5 rings (SSSR count). The second-order valence-electron chi connectivity index (χ2n) is 8.45. The van der Waals surface area contributed by atoms with E-state index in [1.807, 2.05) is 0 Å². The first-order valence-electron chi connectivity index (χ1n) is 11.1. The highest BCUT2D eigenvalue weighted by Gasteiger charge is 2.15. The molecular weight excluding hydrogens is 456 g/mol. The molecule has 6 heteroatoms. The van der Waals surface area contributed by atoms with Crippen molar-refractivity contribution in [1.29, 1.82) is 0 Å². The van der Waals surface area contributed by atoms with Gasteiger partial charge in [-0.05, 0) is 70.8 Å². The molecule has 0 bridgehead atoms. The highest BCUT2D eigenvalue weighted by molar-refractivity contribution is 5.85. The monoisotopic (exact) mass is 478 g/mol. The molecule has 0 aliphatic rings. The molecule has 36 heavy (non-hydrogen) atoms. The van der Waals surface area contributed by atoms with Crippen LogP contribution in [0.3, 0.4) is 0 Å². The summed E-state index contributed by atoms with van der Waals surface area (Å²) in [5.74, 6) is 0.0897. The fourth-order valence-electron chi connectivity index (χ4n) is 4.23. The summed E-state index contributed by atoms with van der Waals surface area (Å²) in [6.07, 6.45) is 0. The molecular formula is C30H22O6. The molecule has 0 aliphatic heterocycles. The largest absolute Gasteiger partial charge is 0.508 e. The van der Waals surface area contributed by atoms with Gasteiger partial charge in [0.1, 0.15) is 34.5 Å². The van der Waals surface area contributed by atoms with Crippen LogP contribution >= 0.6 is 0 Å². The van der Waals surface area contributed by atoms with Crippen LogP contribution in [0.5, 0.6) is 34.5 Å². The standard InChI is InChI=1S/C30H22O6/c31-21-9-11-28(34)24(13-21)17-1-5-19(6-2-17)26-15-23(33)16-27(30(26)36)20-7-3-18(4-8-20)25-14-22(32)10-12-29(25)35/h1-16,31-36H. The third-order valence-corrected chi connectivity index (χ3v) is 6.07. The van der Waals surface area contributed by atoms with E-state index in [1.165, 1.54) is 48.5 Å².